The zero-order valence-electron chi connectivity index (χ0n) is 19.9. The number of nitrogens with zero attached hydrogens (tertiary/aromatic N) is 3. The minimum atomic E-state index is -3.78. The molecule has 0 aliphatic carbocycles. The number of aliphatic carboxylic acids is 1. The van der Waals surface area contributed by atoms with Crippen LogP contribution in [0.4, 0.5) is 4.79 Å². The summed E-state index contributed by atoms with van der Waals surface area (Å²) in [5.74, 6) is -1.97. The first kappa shape index (κ1) is 25.7. The second kappa shape index (κ2) is 9.75. The summed E-state index contributed by atoms with van der Waals surface area (Å²) < 4.78 is 32.8. The fourth-order valence-electron chi connectivity index (χ4n) is 4.06. The maximum absolute atomic E-state index is 13.0. The van der Waals surface area contributed by atoms with Gasteiger partial charge in [-0.2, -0.15) is 4.31 Å². The number of amides is 3. The molecule has 34 heavy (non-hydrogen) atoms. The van der Waals surface area contributed by atoms with Crippen molar-refractivity contribution < 1.29 is 32.3 Å². The van der Waals surface area contributed by atoms with E-state index >= 15 is 0 Å². The van der Waals surface area contributed by atoms with Gasteiger partial charge in [-0.25, -0.2) is 13.2 Å². The number of rotatable bonds is 11. The zero-order chi connectivity index (χ0) is 25.3. The molecule has 3 rings (SSSR count). The first-order valence-corrected chi connectivity index (χ1v) is 12.7. The highest BCUT2D eigenvalue weighted by Crippen LogP contribution is 2.27. The van der Waals surface area contributed by atoms with Crippen LogP contribution >= 0.6 is 0 Å². The summed E-state index contributed by atoms with van der Waals surface area (Å²) in [4.78, 5) is 38.7. The molecule has 2 heterocycles. The molecule has 1 unspecified atom stereocenters. The third kappa shape index (κ3) is 5.41. The van der Waals surface area contributed by atoms with Gasteiger partial charge in [0.05, 0.1) is 12.3 Å². The highest BCUT2D eigenvalue weighted by atomic mass is 32.2. The second-order valence-electron chi connectivity index (χ2n) is 9.25. The van der Waals surface area contributed by atoms with Gasteiger partial charge in [0.2, 0.25) is 10.0 Å². The van der Waals surface area contributed by atoms with Crippen LogP contribution in [0.2, 0.25) is 0 Å². The molecule has 0 saturated carbocycles. The SMILES string of the molecule is CN1C(=O)N(CCCC(CC(=O)O)CS(=O)(=O)N(C)Cc2cc3ccccc3o2)C(=O)C1(C)C. The maximum Gasteiger partial charge on any atom is 0.327 e. The second-order valence-corrected chi connectivity index (χ2v) is 11.4. The fraction of sp³-hybridized carbons (Fsp3) is 0.522. The molecule has 0 bridgehead atoms. The molecule has 1 aromatic carbocycles. The molecule has 0 radical (unpaired) electrons. The minimum Gasteiger partial charge on any atom is -0.481 e. The molecule has 3 amide bonds. The van der Waals surface area contributed by atoms with Crippen molar-refractivity contribution in [3.05, 3.63) is 36.1 Å². The molecule has 1 aromatic heterocycles. The third-order valence-corrected chi connectivity index (χ3v) is 8.33. The molecular weight excluding hydrogens is 462 g/mol. The van der Waals surface area contributed by atoms with E-state index in [0.29, 0.717) is 17.8 Å². The Bertz CT molecular complexity index is 1160. The largest absolute Gasteiger partial charge is 0.481 e. The van der Waals surface area contributed by atoms with Crippen molar-refractivity contribution in [3.63, 3.8) is 0 Å². The Morgan fingerprint density at radius 1 is 1.24 bits per heavy atom. The summed E-state index contributed by atoms with van der Waals surface area (Å²) in [6.07, 6.45) is 0.221. The van der Waals surface area contributed by atoms with Crippen LogP contribution in [0.25, 0.3) is 11.0 Å². The van der Waals surface area contributed by atoms with E-state index in [1.165, 1.54) is 11.9 Å². The van der Waals surface area contributed by atoms with Gasteiger partial charge in [-0.15, -0.1) is 0 Å². The number of carboxylic acid groups (broad SMARTS) is 1. The van der Waals surface area contributed by atoms with Gasteiger partial charge >= 0.3 is 12.0 Å². The summed E-state index contributed by atoms with van der Waals surface area (Å²) in [7, 11) is -0.801. The molecule has 1 saturated heterocycles. The standard InChI is InChI=1S/C23H31N3O7S/c1-23(2)21(29)26(22(30)25(23)4)11-7-8-16(12-20(27)28)15-34(31,32)24(3)14-18-13-17-9-5-6-10-19(17)33-18/h5-6,9-10,13,16H,7-8,11-12,14-15H2,1-4H3,(H,27,28). The van der Waals surface area contributed by atoms with Crippen molar-refractivity contribution in [1.29, 1.82) is 0 Å². The lowest BCUT2D eigenvalue weighted by Crippen LogP contribution is -2.41. The van der Waals surface area contributed by atoms with E-state index in [0.717, 1.165) is 14.6 Å². The Hall–Kier alpha value is -2.92. The van der Waals surface area contributed by atoms with Crippen molar-refractivity contribution >= 4 is 38.9 Å². The topological polar surface area (TPSA) is 128 Å². The van der Waals surface area contributed by atoms with Gasteiger partial charge in [-0.05, 0) is 44.7 Å². The molecule has 186 valence electrons. The van der Waals surface area contributed by atoms with Crippen LogP contribution in [-0.2, 0) is 26.2 Å². The number of carbonyl (C=O) groups excluding carboxylic acids is 2. The van der Waals surface area contributed by atoms with Gasteiger partial charge in [0.15, 0.2) is 0 Å². The number of likely N-dealkylation sites (N-methyl/N-ethyl adjacent to an activating group) is 1. The molecule has 11 heteroatoms. The van der Waals surface area contributed by atoms with E-state index in [9.17, 15) is 27.9 Å². The van der Waals surface area contributed by atoms with Crippen molar-refractivity contribution in [1.82, 2.24) is 14.1 Å². The predicted octanol–water partition coefficient (Wildman–Crippen LogP) is 2.74. The van der Waals surface area contributed by atoms with Crippen LogP contribution < -0.4 is 0 Å². The highest BCUT2D eigenvalue weighted by molar-refractivity contribution is 7.89. The number of carbonyl (C=O) groups is 3. The number of hydrogen-bond acceptors (Lipinski definition) is 6. The van der Waals surface area contributed by atoms with Gasteiger partial charge in [0.25, 0.3) is 5.91 Å². The minimum absolute atomic E-state index is 0.0228. The number of imide groups is 1. The van der Waals surface area contributed by atoms with Crippen LogP contribution in [0.1, 0.15) is 38.9 Å². The summed E-state index contributed by atoms with van der Waals surface area (Å²) in [5.41, 5.74) is -0.285. The van der Waals surface area contributed by atoms with Gasteiger partial charge in [-0.1, -0.05) is 18.2 Å². The quantitative estimate of drug-likeness (QED) is 0.477. The number of carboxylic acids is 1. The lowest BCUT2D eigenvalue weighted by Gasteiger charge is -2.22. The highest BCUT2D eigenvalue weighted by Gasteiger charge is 2.48. The van der Waals surface area contributed by atoms with Crippen LogP contribution in [0.3, 0.4) is 0 Å². The number of fused-ring (bicyclic) bond motifs is 1. The van der Waals surface area contributed by atoms with Crippen LogP contribution in [-0.4, -0.2) is 77.5 Å². The Kier molecular flexibility index (Phi) is 7.37. The first-order chi connectivity index (χ1) is 15.8. The van der Waals surface area contributed by atoms with Crippen LogP contribution in [0.15, 0.2) is 34.7 Å². The molecule has 1 N–H and O–H groups in total. The fourth-order valence-corrected chi connectivity index (χ4v) is 5.52. The molecule has 1 aliphatic heterocycles. The normalized spacial score (nSPS) is 17.2. The van der Waals surface area contributed by atoms with E-state index in [4.69, 9.17) is 4.42 Å². The van der Waals surface area contributed by atoms with Crippen LogP contribution in [0, 0.1) is 5.92 Å². The molecule has 10 nitrogen and oxygen atoms in total. The number of furan rings is 1. The van der Waals surface area contributed by atoms with Gasteiger partial charge < -0.3 is 14.4 Å². The first-order valence-electron chi connectivity index (χ1n) is 11.1. The van der Waals surface area contributed by atoms with Gasteiger partial charge in [0.1, 0.15) is 16.9 Å². The summed E-state index contributed by atoms with van der Waals surface area (Å²) in [5, 5.41) is 10.2. The smallest absolute Gasteiger partial charge is 0.327 e. The number of urea groups is 1. The molecule has 1 aliphatic rings. The molecular formula is C23H31N3O7S. The van der Waals surface area contributed by atoms with Crippen molar-refractivity contribution in [2.75, 3.05) is 26.4 Å². The van der Waals surface area contributed by atoms with Crippen molar-refractivity contribution in [2.24, 2.45) is 5.92 Å². The van der Waals surface area contributed by atoms with E-state index in [1.807, 2.05) is 18.2 Å². The Morgan fingerprint density at radius 2 is 1.91 bits per heavy atom. The number of sulfonamides is 1. The Morgan fingerprint density at radius 3 is 2.50 bits per heavy atom. The molecule has 1 fully saturated rings. The van der Waals surface area contributed by atoms with E-state index < -0.39 is 33.5 Å². The maximum atomic E-state index is 13.0. The summed E-state index contributed by atoms with van der Waals surface area (Å²) in [6, 6.07) is 8.72. The summed E-state index contributed by atoms with van der Waals surface area (Å²) >= 11 is 0. The number of para-hydroxylation sites is 1. The predicted molar refractivity (Wildman–Crippen MR) is 125 cm³/mol. The lowest BCUT2D eigenvalue weighted by atomic mass is 10.0. The van der Waals surface area contributed by atoms with Crippen molar-refractivity contribution in [3.8, 4) is 0 Å². The van der Waals surface area contributed by atoms with Gasteiger partial charge in [-0.3, -0.25) is 14.5 Å². The number of hydrogen-bond donors (Lipinski definition) is 1. The van der Waals surface area contributed by atoms with E-state index in [1.54, 1.807) is 33.0 Å². The van der Waals surface area contributed by atoms with Crippen molar-refractivity contribution in [2.45, 2.75) is 45.2 Å². The summed E-state index contributed by atoms with van der Waals surface area (Å²) in [6.45, 7) is 3.45. The average Bonchev–Trinajstić information content (AvgIpc) is 3.21. The van der Waals surface area contributed by atoms with Crippen LogP contribution in [0.5, 0.6) is 0 Å². The van der Waals surface area contributed by atoms with E-state index in [2.05, 4.69) is 0 Å². The zero-order valence-corrected chi connectivity index (χ0v) is 20.7. The Balaban J connectivity index is 1.62. The monoisotopic (exact) mass is 493 g/mol. The molecule has 1 atom stereocenters. The third-order valence-electron chi connectivity index (χ3n) is 6.36. The molecule has 2 aromatic rings. The molecule has 0 spiro atoms. The number of benzene rings is 1. The lowest BCUT2D eigenvalue weighted by molar-refractivity contribution is -0.138. The average molecular weight is 494 g/mol. The Labute approximate surface area is 199 Å². The van der Waals surface area contributed by atoms with E-state index in [-0.39, 0.29) is 37.6 Å². The van der Waals surface area contributed by atoms with Gasteiger partial charge in [0, 0.05) is 32.4 Å².